The number of nitro groups is 1. The molecule has 0 aliphatic carbocycles. The van der Waals surface area contributed by atoms with Gasteiger partial charge in [-0.15, -0.1) is 0 Å². The molecule has 0 fully saturated rings. The van der Waals surface area contributed by atoms with Gasteiger partial charge in [-0.1, -0.05) is 0 Å². The molecule has 0 bridgehead atoms. The second-order valence-electron chi connectivity index (χ2n) is 2.84. The monoisotopic (exact) mass is 228 g/mol. The Morgan fingerprint density at radius 2 is 1.75 bits per heavy atom. The van der Waals surface area contributed by atoms with Gasteiger partial charge >= 0.3 is 5.69 Å². The van der Waals surface area contributed by atoms with Crippen LogP contribution in [-0.2, 0) is 0 Å². The molecule has 88 valence electrons. The van der Waals surface area contributed by atoms with E-state index in [1.54, 1.807) is 0 Å². The fraction of sp³-hybridized carbons (Fsp3) is 0.333. The number of hydrogen-bond acceptors (Lipinski definition) is 6. The van der Waals surface area contributed by atoms with E-state index in [4.69, 9.17) is 19.9 Å². The summed E-state index contributed by atoms with van der Waals surface area (Å²) in [5, 5.41) is 10.8. The van der Waals surface area contributed by atoms with Crippen molar-refractivity contribution < 1.29 is 19.1 Å². The lowest BCUT2D eigenvalue weighted by Gasteiger charge is -2.13. The van der Waals surface area contributed by atoms with Crippen LogP contribution in [0.4, 0.5) is 11.4 Å². The summed E-state index contributed by atoms with van der Waals surface area (Å²) < 4.78 is 14.9. The molecule has 0 radical (unpaired) electrons. The summed E-state index contributed by atoms with van der Waals surface area (Å²) in [6.07, 6.45) is 0. The predicted molar refractivity (Wildman–Crippen MR) is 57.2 cm³/mol. The van der Waals surface area contributed by atoms with Crippen molar-refractivity contribution in [1.82, 2.24) is 0 Å². The molecule has 0 unspecified atom stereocenters. The lowest BCUT2D eigenvalue weighted by atomic mass is 10.2. The number of hydrogen-bond donors (Lipinski definition) is 1. The molecule has 16 heavy (non-hydrogen) atoms. The van der Waals surface area contributed by atoms with E-state index in [1.807, 2.05) is 0 Å². The van der Waals surface area contributed by atoms with Gasteiger partial charge in [0.1, 0.15) is 5.69 Å². The molecule has 0 aromatic heterocycles. The van der Waals surface area contributed by atoms with Crippen LogP contribution in [0, 0.1) is 10.1 Å². The van der Waals surface area contributed by atoms with Crippen molar-refractivity contribution in [2.45, 2.75) is 0 Å². The number of anilines is 1. The van der Waals surface area contributed by atoms with Gasteiger partial charge < -0.3 is 19.9 Å². The molecule has 1 aromatic rings. The number of ether oxygens (including phenoxy) is 3. The standard InChI is InChI=1S/C9H12N2O5/c1-14-6-4-5(10)7(11(12)13)9(16-3)8(6)15-2/h4H,10H2,1-3H3. The summed E-state index contributed by atoms with van der Waals surface area (Å²) >= 11 is 0. The van der Waals surface area contributed by atoms with E-state index in [1.165, 1.54) is 27.4 Å². The topological polar surface area (TPSA) is 96.9 Å². The van der Waals surface area contributed by atoms with Crippen molar-refractivity contribution in [3.8, 4) is 17.2 Å². The normalized spacial score (nSPS) is 9.69. The van der Waals surface area contributed by atoms with Gasteiger partial charge in [-0.25, -0.2) is 0 Å². The van der Waals surface area contributed by atoms with E-state index >= 15 is 0 Å². The van der Waals surface area contributed by atoms with Crippen molar-refractivity contribution >= 4 is 11.4 Å². The molecule has 1 rings (SSSR count). The average molecular weight is 228 g/mol. The smallest absolute Gasteiger partial charge is 0.337 e. The molecule has 0 saturated heterocycles. The third kappa shape index (κ3) is 1.79. The Labute approximate surface area is 91.9 Å². The third-order valence-corrected chi connectivity index (χ3v) is 2.02. The second-order valence-corrected chi connectivity index (χ2v) is 2.84. The van der Waals surface area contributed by atoms with Crippen LogP contribution >= 0.6 is 0 Å². The molecule has 7 heteroatoms. The molecule has 2 N–H and O–H groups in total. The first-order chi connectivity index (χ1) is 7.56. The van der Waals surface area contributed by atoms with E-state index in [0.717, 1.165) is 0 Å². The van der Waals surface area contributed by atoms with Gasteiger partial charge in [-0.2, -0.15) is 0 Å². The fourth-order valence-electron chi connectivity index (χ4n) is 1.35. The van der Waals surface area contributed by atoms with Crippen molar-refractivity contribution in [1.29, 1.82) is 0 Å². The molecule has 0 aliphatic heterocycles. The molecule has 0 heterocycles. The summed E-state index contributed by atoms with van der Waals surface area (Å²) in [5.41, 5.74) is 5.17. The molecule has 1 aromatic carbocycles. The molecule has 0 amide bonds. The van der Waals surface area contributed by atoms with Crippen LogP contribution in [-0.4, -0.2) is 26.3 Å². The maximum Gasteiger partial charge on any atom is 0.337 e. The number of nitro benzene ring substituents is 1. The van der Waals surface area contributed by atoms with Gasteiger partial charge in [0.25, 0.3) is 0 Å². The van der Waals surface area contributed by atoms with Gasteiger partial charge in [0.15, 0.2) is 5.75 Å². The van der Waals surface area contributed by atoms with E-state index in [2.05, 4.69) is 0 Å². The molecular formula is C9H12N2O5. The summed E-state index contributed by atoms with van der Waals surface area (Å²) in [6, 6.07) is 1.32. The molecule has 0 spiro atoms. The first-order valence-corrected chi connectivity index (χ1v) is 4.29. The number of nitrogens with two attached hydrogens (primary N) is 1. The van der Waals surface area contributed by atoms with E-state index in [0.29, 0.717) is 0 Å². The van der Waals surface area contributed by atoms with Crippen LogP contribution in [0.3, 0.4) is 0 Å². The van der Waals surface area contributed by atoms with Gasteiger partial charge in [0.05, 0.1) is 26.3 Å². The third-order valence-electron chi connectivity index (χ3n) is 2.02. The highest BCUT2D eigenvalue weighted by molar-refractivity contribution is 5.75. The van der Waals surface area contributed by atoms with Gasteiger partial charge in [0, 0.05) is 6.07 Å². The quantitative estimate of drug-likeness (QED) is 0.472. The van der Waals surface area contributed by atoms with Crippen LogP contribution in [0.1, 0.15) is 0 Å². The largest absolute Gasteiger partial charge is 0.493 e. The minimum atomic E-state index is -0.629. The maximum absolute atomic E-state index is 10.8. The minimum Gasteiger partial charge on any atom is -0.493 e. The highest BCUT2D eigenvalue weighted by Gasteiger charge is 2.27. The van der Waals surface area contributed by atoms with Gasteiger partial charge in [-0.05, 0) is 0 Å². The van der Waals surface area contributed by atoms with Crippen molar-refractivity contribution in [2.75, 3.05) is 27.1 Å². The van der Waals surface area contributed by atoms with Crippen LogP contribution in [0.5, 0.6) is 17.2 Å². The Morgan fingerprint density at radius 1 is 1.19 bits per heavy atom. The lowest BCUT2D eigenvalue weighted by molar-refractivity contribution is -0.384. The Hall–Kier alpha value is -2.18. The van der Waals surface area contributed by atoms with Crippen LogP contribution < -0.4 is 19.9 Å². The Kier molecular flexibility index (Phi) is 3.39. The highest BCUT2D eigenvalue weighted by Crippen LogP contribution is 2.47. The lowest BCUT2D eigenvalue weighted by Crippen LogP contribution is -2.03. The number of benzene rings is 1. The summed E-state index contributed by atoms with van der Waals surface area (Å²) in [4.78, 5) is 10.2. The molecule has 7 nitrogen and oxygen atoms in total. The van der Waals surface area contributed by atoms with Gasteiger partial charge in [-0.3, -0.25) is 10.1 Å². The summed E-state index contributed by atoms with van der Waals surface area (Å²) in [6.45, 7) is 0. The Morgan fingerprint density at radius 3 is 2.12 bits per heavy atom. The minimum absolute atomic E-state index is 0.0421. The first-order valence-electron chi connectivity index (χ1n) is 4.29. The molecule has 0 atom stereocenters. The SMILES string of the molecule is COc1cc(N)c([N+](=O)[O-])c(OC)c1OC. The number of nitrogen functional groups attached to an aromatic ring is 1. The van der Waals surface area contributed by atoms with E-state index < -0.39 is 4.92 Å². The zero-order chi connectivity index (χ0) is 12.3. The average Bonchev–Trinajstić information content (AvgIpc) is 2.26. The Balaban J connectivity index is 3.57. The van der Waals surface area contributed by atoms with E-state index in [9.17, 15) is 10.1 Å². The number of nitrogens with zero attached hydrogens (tertiary/aromatic N) is 1. The highest BCUT2D eigenvalue weighted by atomic mass is 16.6. The van der Waals surface area contributed by atoms with Crippen molar-refractivity contribution in [3.63, 3.8) is 0 Å². The number of rotatable bonds is 4. The van der Waals surface area contributed by atoms with Crippen LogP contribution in [0.25, 0.3) is 0 Å². The molecule has 0 aliphatic rings. The van der Waals surface area contributed by atoms with Gasteiger partial charge in [0.2, 0.25) is 11.5 Å². The molecule has 0 saturated carbocycles. The van der Waals surface area contributed by atoms with Crippen molar-refractivity contribution in [3.05, 3.63) is 16.2 Å². The molecular weight excluding hydrogens is 216 g/mol. The van der Waals surface area contributed by atoms with Crippen LogP contribution in [0.15, 0.2) is 6.07 Å². The summed E-state index contributed by atoms with van der Waals surface area (Å²) in [5.74, 6) is 0.373. The Bertz CT molecular complexity index is 419. The predicted octanol–water partition coefficient (Wildman–Crippen LogP) is 1.20. The zero-order valence-corrected chi connectivity index (χ0v) is 9.14. The number of methoxy groups -OCH3 is 3. The van der Waals surface area contributed by atoms with Crippen molar-refractivity contribution in [2.24, 2.45) is 0 Å². The fourth-order valence-corrected chi connectivity index (χ4v) is 1.35. The zero-order valence-electron chi connectivity index (χ0n) is 9.14. The van der Waals surface area contributed by atoms with Crippen LogP contribution in [0.2, 0.25) is 0 Å². The summed E-state index contributed by atoms with van der Waals surface area (Å²) in [7, 11) is 4.06. The van der Waals surface area contributed by atoms with E-state index in [-0.39, 0.29) is 28.6 Å². The first kappa shape index (κ1) is 11.9. The second kappa shape index (κ2) is 4.56. The maximum atomic E-state index is 10.8.